The number of urea groups is 1. The number of aryl methyl sites for hydroxylation is 1. The summed E-state index contributed by atoms with van der Waals surface area (Å²) in [5.74, 6) is -0.476. The summed E-state index contributed by atoms with van der Waals surface area (Å²) in [6.07, 6.45) is 1.76. The lowest BCUT2D eigenvalue weighted by atomic mass is 10.1. The molecule has 0 aliphatic rings. The van der Waals surface area contributed by atoms with Crippen LogP contribution in [-0.4, -0.2) is 11.0 Å². The number of amides is 2. The van der Waals surface area contributed by atoms with Gasteiger partial charge in [0.25, 0.3) is 0 Å². The normalized spacial score (nSPS) is 10.2. The quantitative estimate of drug-likeness (QED) is 0.725. The van der Waals surface area contributed by atoms with Crippen molar-refractivity contribution >= 4 is 17.4 Å². The van der Waals surface area contributed by atoms with Crippen molar-refractivity contribution in [3.05, 3.63) is 78.4 Å². The standard InChI is InChI=1S/C19H16FN3O/c1-13-12-15(10-11-21-13)14-6-8-16(9-7-14)22-19(24)23-18-5-3-2-4-17(18)20/h2-12H,1H3,(H2,22,23,24). The maximum atomic E-state index is 13.5. The molecular formula is C19H16FN3O. The van der Waals surface area contributed by atoms with Gasteiger partial charge in [-0.05, 0) is 54.4 Å². The molecule has 1 heterocycles. The van der Waals surface area contributed by atoms with E-state index in [0.717, 1.165) is 16.8 Å². The maximum Gasteiger partial charge on any atom is 0.323 e. The first-order valence-electron chi connectivity index (χ1n) is 7.47. The van der Waals surface area contributed by atoms with Gasteiger partial charge in [0.1, 0.15) is 5.82 Å². The molecule has 0 saturated heterocycles. The molecule has 0 aliphatic heterocycles. The molecule has 0 saturated carbocycles. The number of nitrogens with zero attached hydrogens (tertiary/aromatic N) is 1. The summed E-state index contributed by atoms with van der Waals surface area (Å²) < 4.78 is 13.5. The Bertz CT molecular complexity index is 862. The molecule has 0 bridgehead atoms. The van der Waals surface area contributed by atoms with E-state index in [1.165, 1.54) is 12.1 Å². The maximum absolute atomic E-state index is 13.5. The minimum atomic E-state index is -0.493. The van der Waals surface area contributed by atoms with Crippen LogP contribution in [0.3, 0.4) is 0 Å². The second-order valence-electron chi connectivity index (χ2n) is 5.32. The molecule has 2 aromatic carbocycles. The molecular weight excluding hydrogens is 305 g/mol. The van der Waals surface area contributed by atoms with E-state index in [1.807, 2.05) is 31.2 Å². The lowest BCUT2D eigenvalue weighted by Gasteiger charge is -2.09. The van der Waals surface area contributed by atoms with Gasteiger partial charge in [-0.2, -0.15) is 0 Å². The summed E-state index contributed by atoms with van der Waals surface area (Å²) in [4.78, 5) is 16.1. The van der Waals surface area contributed by atoms with Crippen LogP contribution in [0.2, 0.25) is 0 Å². The first-order valence-corrected chi connectivity index (χ1v) is 7.47. The third-order valence-electron chi connectivity index (χ3n) is 3.49. The van der Waals surface area contributed by atoms with Gasteiger partial charge in [-0.1, -0.05) is 24.3 Å². The number of nitrogens with one attached hydrogen (secondary N) is 2. The number of halogens is 1. The van der Waals surface area contributed by atoms with E-state index < -0.39 is 11.8 Å². The Morgan fingerprint density at radius 3 is 2.42 bits per heavy atom. The fourth-order valence-electron chi connectivity index (χ4n) is 2.32. The molecule has 2 N–H and O–H groups in total. The molecule has 0 spiro atoms. The van der Waals surface area contributed by atoms with Crippen LogP contribution in [0, 0.1) is 12.7 Å². The van der Waals surface area contributed by atoms with Crippen molar-refractivity contribution in [1.82, 2.24) is 4.98 Å². The highest BCUT2D eigenvalue weighted by molar-refractivity contribution is 5.99. The van der Waals surface area contributed by atoms with Crippen LogP contribution in [0.4, 0.5) is 20.6 Å². The molecule has 0 atom stereocenters. The number of rotatable bonds is 3. The number of aromatic nitrogens is 1. The highest BCUT2D eigenvalue weighted by Crippen LogP contribution is 2.22. The highest BCUT2D eigenvalue weighted by atomic mass is 19.1. The Morgan fingerprint density at radius 1 is 0.958 bits per heavy atom. The zero-order valence-electron chi connectivity index (χ0n) is 13.1. The molecule has 3 rings (SSSR count). The predicted molar refractivity (Wildman–Crippen MR) is 93.5 cm³/mol. The van der Waals surface area contributed by atoms with Crippen molar-refractivity contribution in [3.63, 3.8) is 0 Å². The molecule has 24 heavy (non-hydrogen) atoms. The zero-order chi connectivity index (χ0) is 16.9. The summed E-state index contributed by atoms with van der Waals surface area (Å²) in [6.45, 7) is 1.94. The van der Waals surface area contributed by atoms with Crippen LogP contribution in [0.15, 0.2) is 66.9 Å². The van der Waals surface area contributed by atoms with Gasteiger partial charge in [-0.25, -0.2) is 9.18 Å². The highest BCUT2D eigenvalue weighted by Gasteiger charge is 2.06. The van der Waals surface area contributed by atoms with Gasteiger partial charge in [0.05, 0.1) is 5.69 Å². The van der Waals surface area contributed by atoms with E-state index in [2.05, 4.69) is 15.6 Å². The topological polar surface area (TPSA) is 54.0 Å². The number of benzene rings is 2. The van der Waals surface area contributed by atoms with Crippen LogP contribution < -0.4 is 10.6 Å². The van der Waals surface area contributed by atoms with Gasteiger partial charge in [-0.3, -0.25) is 4.98 Å². The van der Waals surface area contributed by atoms with Gasteiger partial charge in [0.2, 0.25) is 0 Å². The molecule has 0 radical (unpaired) electrons. The molecule has 2 amide bonds. The summed E-state index contributed by atoms with van der Waals surface area (Å²) in [7, 11) is 0. The smallest absolute Gasteiger partial charge is 0.308 e. The fraction of sp³-hybridized carbons (Fsp3) is 0.0526. The Kier molecular flexibility index (Phi) is 4.52. The van der Waals surface area contributed by atoms with E-state index in [-0.39, 0.29) is 5.69 Å². The molecule has 3 aromatic rings. The third-order valence-corrected chi connectivity index (χ3v) is 3.49. The van der Waals surface area contributed by atoms with Crippen molar-refractivity contribution in [2.45, 2.75) is 6.92 Å². The predicted octanol–water partition coefficient (Wildman–Crippen LogP) is 4.84. The number of carbonyl (C=O) groups excluding carboxylic acids is 1. The summed E-state index contributed by atoms with van der Waals surface area (Å²) in [6, 6.07) is 16.9. The number of hydrogen-bond donors (Lipinski definition) is 2. The largest absolute Gasteiger partial charge is 0.323 e. The minimum Gasteiger partial charge on any atom is -0.308 e. The lowest BCUT2D eigenvalue weighted by molar-refractivity contribution is 0.262. The van der Waals surface area contributed by atoms with Crippen molar-refractivity contribution in [1.29, 1.82) is 0 Å². The second kappa shape index (κ2) is 6.91. The number of para-hydroxylation sites is 1. The average Bonchev–Trinajstić information content (AvgIpc) is 2.58. The van der Waals surface area contributed by atoms with Crippen molar-refractivity contribution in [2.75, 3.05) is 10.6 Å². The molecule has 4 nitrogen and oxygen atoms in total. The molecule has 120 valence electrons. The van der Waals surface area contributed by atoms with Gasteiger partial charge >= 0.3 is 6.03 Å². The van der Waals surface area contributed by atoms with Crippen LogP contribution in [-0.2, 0) is 0 Å². The second-order valence-corrected chi connectivity index (χ2v) is 5.32. The van der Waals surface area contributed by atoms with Gasteiger partial charge in [0, 0.05) is 17.6 Å². The van der Waals surface area contributed by atoms with Crippen molar-refractivity contribution in [2.24, 2.45) is 0 Å². The molecule has 5 heteroatoms. The summed E-state index contributed by atoms with van der Waals surface area (Å²) in [5, 5.41) is 5.16. The van der Waals surface area contributed by atoms with E-state index in [9.17, 15) is 9.18 Å². The summed E-state index contributed by atoms with van der Waals surface area (Å²) in [5.41, 5.74) is 3.79. The van der Waals surface area contributed by atoms with Gasteiger partial charge in [0.15, 0.2) is 0 Å². The van der Waals surface area contributed by atoms with Crippen molar-refractivity contribution < 1.29 is 9.18 Å². The monoisotopic (exact) mass is 321 g/mol. The van der Waals surface area contributed by atoms with Crippen LogP contribution in [0.1, 0.15) is 5.69 Å². The van der Waals surface area contributed by atoms with Crippen LogP contribution in [0.25, 0.3) is 11.1 Å². The SMILES string of the molecule is Cc1cc(-c2ccc(NC(=O)Nc3ccccc3F)cc2)ccn1. The molecule has 1 aromatic heterocycles. The van der Waals surface area contributed by atoms with E-state index in [0.29, 0.717) is 5.69 Å². The fourth-order valence-corrected chi connectivity index (χ4v) is 2.32. The van der Waals surface area contributed by atoms with E-state index in [1.54, 1.807) is 30.5 Å². The van der Waals surface area contributed by atoms with Crippen molar-refractivity contribution in [3.8, 4) is 11.1 Å². The Hall–Kier alpha value is -3.21. The third kappa shape index (κ3) is 3.76. The number of carbonyl (C=O) groups is 1. The lowest BCUT2D eigenvalue weighted by Crippen LogP contribution is -2.20. The van der Waals surface area contributed by atoms with Crippen LogP contribution in [0.5, 0.6) is 0 Å². The molecule has 0 fully saturated rings. The Morgan fingerprint density at radius 2 is 1.71 bits per heavy atom. The minimum absolute atomic E-state index is 0.138. The van der Waals surface area contributed by atoms with E-state index >= 15 is 0 Å². The number of pyridine rings is 1. The first kappa shape index (κ1) is 15.7. The molecule has 0 aliphatic carbocycles. The van der Waals surface area contributed by atoms with Gasteiger partial charge < -0.3 is 10.6 Å². The average molecular weight is 321 g/mol. The summed E-state index contributed by atoms with van der Waals surface area (Å²) >= 11 is 0. The number of hydrogen-bond acceptors (Lipinski definition) is 2. The van der Waals surface area contributed by atoms with Crippen LogP contribution >= 0.6 is 0 Å². The number of anilines is 2. The van der Waals surface area contributed by atoms with Gasteiger partial charge in [-0.15, -0.1) is 0 Å². The van der Waals surface area contributed by atoms with E-state index in [4.69, 9.17) is 0 Å². The zero-order valence-corrected chi connectivity index (χ0v) is 13.1. The molecule has 0 unspecified atom stereocenters. The Balaban J connectivity index is 1.68. The Labute approximate surface area is 139 Å². The first-order chi connectivity index (χ1) is 11.6.